The summed E-state index contributed by atoms with van der Waals surface area (Å²) >= 11 is 0. The van der Waals surface area contributed by atoms with Crippen LogP contribution in [0.5, 0.6) is 0 Å². The summed E-state index contributed by atoms with van der Waals surface area (Å²) < 4.78 is 11.9. The molecule has 9 atom stereocenters. The van der Waals surface area contributed by atoms with E-state index in [0.29, 0.717) is 45.2 Å². The number of amides is 7. The fourth-order valence-corrected chi connectivity index (χ4v) is 9.46. The van der Waals surface area contributed by atoms with Crippen LogP contribution in [0.3, 0.4) is 0 Å². The maximum Gasteiger partial charge on any atom is 0.326 e. The second kappa shape index (κ2) is 23.2. The van der Waals surface area contributed by atoms with Gasteiger partial charge in [-0.3, -0.25) is 38.5 Å². The number of nitrogens with zero attached hydrogens (tertiary/aromatic N) is 4. The molecule has 9 unspecified atom stereocenters. The van der Waals surface area contributed by atoms with Gasteiger partial charge in [0.05, 0.1) is 36.6 Å². The standard InChI is InChI=1S/C47H70N6O11/c1-10-30(4)41(50(7)44(59)40(29(2)3)49-46(62)47(6)23-16-26-53(47)38(56)20-15-25-52-36(54)21-22-37(52)55)35(63-8)28-39(57)51-24-14-19-34(51)42(64-9)31(5)43(58)48-33(45(60)61)27-32-17-12-11-13-18-32/h11-13,17-18,21-22,29-31,33-35,40-42H,10,14-16,19-20,23-28H2,1-9H3,(H,48,58)(H,49,62)(H,60,61). The summed E-state index contributed by atoms with van der Waals surface area (Å²) in [6.07, 6.45) is 4.04. The zero-order valence-corrected chi connectivity index (χ0v) is 39.0. The smallest absolute Gasteiger partial charge is 0.326 e. The van der Waals surface area contributed by atoms with Gasteiger partial charge >= 0.3 is 5.97 Å². The molecule has 0 aromatic heterocycles. The average Bonchev–Trinajstić information content (AvgIpc) is 4.00. The quantitative estimate of drug-likeness (QED) is 0.136. The number of carbonyl (C=O) groups excluding carboxylic acids is 7. The molecule has 2 saturated heterocycles. The molecule has 3 aliphatic heterocycles. The zero-order chi connectivity index (χ0) is 47.5. The monoisotopic (exact) mass is 895 g/mol. The Labute approximate surface area is 377 Å². The number of methoxy groups -OCH3 is 2. The Bertz CT molecular complexity index is 1860. The number of rotatable bonds is 23. The molecule has 17 nitrogen and oxygen atoms in total. The molecular formula is C47H70N6O11. The molecule has 1 aromatic rings. The highest BCUT2D eigenvalue weighted by atomic mass is 16.5. The SMILES string of the molecule is CCC(C)C(C(CC(=O)N1CCCC1C(OC)C(C)C(=O)NC(Cc1ccccc1)C(=O)O)OC)N(C)C(=O)C(NC(=O)C1(C)CCCN1C(=O)CCCN1C(=O)C=CC1=O)C(C)C. The summed E-state index contributed by atoms with van der Waals surface area (Å²) in [6, 6.07) is 5.83. The number of likely N-dealkylation sites (N-methyl/N-ethyl adjacent to an activating group) is 1. The molecule has 17 heteroatoms. The molecule has 1 aromatic carbocycles. The molecule has 0 saturated carbocycles. The number of carbonyl (C=O) groups is 8. The molecular weight excluding hydrogens is 825 g/mol. The van der Waals surface area contributed by atoms with E-state index in [4.69, 9.17) is 9.47 Å². The van der Waals surface area contributed by atoms with Crippen LogP contribution in [-0.4, -0.2) is 155 Å². The predicted molar refractivity (Wildman–Crippen MR) is 237 cm³/mol. The largest absolute Gasteiger partial charge is 0.480 e. The van der Waals surface area contributed by atoms with Crippen LogP contribution in [0.2, 0.25) is 0 Å². The van der Waals surface area contributed by atoms with Crippen molar-refractivity contribution in [1.29, 1.82) is 0 Å². The number of carboxylic acids is 1. The predicted octanol–water partition coefficient (Wildman–Crippen LogP) is 2.95. The second-order valence-electron chi connectivity index (χ2n) is 18.1. The number of hydrogen-bond donors (Lipinski definition) is 3. The van der Waals surface area contributed by atoms with Crippen LogP contribution in [-0.2, 0) is 54.3 Å². The highest BCUT2D eigenvalue weighted by molar-refractivity contribution is 6.12. The summed E-state index contributed by atoms with van der Waals surface area (Å²) in [6.45, 7) is 11.8. The second-order valence-corrected chi connectivity index (χ2v) is 18.1. The molecule has 0 spiro atoms. The molecule has 0 bridgehead atoms. The van der Waals surface area contributed by atoms with Gasteiger partial charge in [-0.25, -0.2) is 4.79 Å². The van der Waals surface area contributed by atoms with E-state index >= 15 is 0 Å². The third kappa shape index (κ3) is 12.1. The van der Waals surface area contributed by atoms with E-state index in [1.807, 2.05) is 33.8 Å². The normalized spacial score (nSPS) is 21.9. The van der Waals surface area contributed by atoms with Gasteiger partial charge in [0, 0.05) is 65.9 Å². The van der Waals surface area contributed by atoms with Crippen LogP contribution in [0.1, 0.15) is 98.5 Å². The summed E-state index contributed by atoms with van der Waals surface area (Å²) in [5.41, 5.74) is -0.468. The van der Waals surface area contributed by atoms with Gasteiger partial charge in [0.1, 0.15) is 17.6 Å². The Morgan fingerprint density at radius 1 is 0.922 bits per heavy atom. The molecule has 3 heterocycles. The summed E-state index contributed by atoms with van der Waals surface area (Å²) in [5.74, 6) is -5.15. The van der Waals surface area contributed by atoms with Crippen molar-refractivity contribution in [3.05, 3.63) is 48.0 Å². The van der Waals surface area contributed by atoms with E-state index in [2.05, 4.69) is 10.6 Å². The van der Waals surface area contributed by atoms with Crippen molar-refractivity contribution in [2.45, 2.75) is 141 Å². The Kier molecular flexibility index (Phi) is 18.6. The van der Waals surface area contributed by atoms with Gasteiger partial charge in [-0.15, -0.1) is 0 Å². The molecule has 354 valence electrons. The highest BCUT2D eigenvalue weighted by Crippen LogP contribution is 2.32. The minimum Gasteiger partial charge on any atom is -0.480 e. The molecule has 3 aliphatic rings. The number of carboxylic acid groups (broad SMARTS) is 1. The highest BCUT2D eigenvalue weighted by Gasteiger charge is 2.48. The van der Waals surface area contributed by atoms with E-state index < -0.39 is 77.4 Å². The molecule has 4 rings (SSSR count). The van der Waals surface area contributed by atoms with Crippen LogP contribution >= 0.6 is 0 Å². The van der Waals surface area contributed by atoms with E-state index in [0.717, 1.165) is 10.5 Å². The van der Waals surface area contributed by atoms with Crippen molar-refractivity contribution < 1.29 is 52.9 Å². The molecule has 7 amide bonds. The lowest BCUT2D eigenvalue weighted by molar-refractivity contribution is -0.150. The van der Waals surface area contributed by atoms with Gasteiger partial charge in [0.15, 0.2) is 0 Å². The van der Waals surface area contributed by atoms with Crippen LogP contribution in [0.25, 0.3) is 0 Å². The zero-order valence-electron chi connectivity index (χ0n) is 39.0. The first-order valence-electron chi connectivity index (χ1n) is 22.6. The number of hydrogen-bond acceptors (Lipinski definition) is 10. The van der Waals surface area contributed by atoms with Gasteiger partial charge in [0.25, 0.3) is 11.8 Å². The number of ether oxygens (including phenoxy) is 2. The Hall–Kier alpha value is -5.16. The van der Waals surface area contributed by atoms with Crippen LogP contribution in [0, 0.1) is 17.8 Å². The fourth-order valence-electron chi connectivity index (χ4n) is 9.46. The van der Waals surface area contributed by atoms with Crippen molar-refractivity contribution in [1.82, 2.24) is 30.2 Å². The first kappa shape index (κ1) is 51.5. The molecule has 3 N–H and O–H groups in total. The van der Waals surface area contributed by atoms with Crippen molar-refractivity contribution in [3.8, 4) is 0 Å². The summed E-state index contributed by atoms with van der Waals surface area (Å²) in [4.78, 5) is 112. The summed E-state index contributed by atoms with van der Waals surface area (Å²) in [5, 5.41) is 15.6. The van der Waals surface area contributed by atoms with Gasteiger partial charge in [-0.05, 0) is 56.4 Å². The van der Waals surface area contributed by atoms with Gasteiger partial charge in [-0.2, -0.15) is 0 Å². The lowest BCUT2D eigenvalue weighted by Crippen LogP contribution is -2.62. The van der Waals surface area contributed by atoms with E-state index in [-0.39, 0.29) is 61.8 Å². The third-order valence-electron chi connectivity index (χ3n) is 13.5. The third-order valence-corrected chi connectivity index (χ3v) is 13.5. The molecule has 2 fully saturated rings. The molecule has 0 radical (unpaired) electrons. The molecule has 64 heavy (non-hydrogen) atoms. The minimum atomic E-state index is -1.23. The maximum atomic E-state index is 14.6. The average molecular weight is 895 g/mol. The lowest BCUT2D eigenvalue weighted by atomic mass is 9.89. The minimum absolute atomic E-state index is 0.0317. The Morgan fingerprint density at radius 3 is 2.16 bits per heavy atom. The maximum absolute atomic E-state index is 14.6. The van der Waals surface area contributed by atoms with Crippen molar-refractivity contribution in [3.63, 3.8) is 0 Å². The van der Waals surface area contributed by atoms with E-state index in [9.17, 15) is 43.5 Å². The van der Waals surface area contributed by atoms with Crippen LogP contribution < -0.4 is 10.6 Å². The van der Waals surface area contributed by atoms with Crippen molar-refractivity contribution >= 4 is 47.3 Å². The Morgan fingerprint density at radius 2 is 1.58 bits per heavy atom. The number of imide groups is 1. The van der Waals surface area contributed by atoms with Gasteiger partial charge in [0.2, 0.25) is 29.5 Å². The van der Waals surface area contributed by atoms with Gasteiger partial charge in [-0.1, -0.05) is 71.4 Å². The number of aliphatic carboxylic acids is 1. The summed E-state index contributed by atoms with van der Waals surface area (Å²) in [7, 11) is 4.62. The first-order valence-corrected chi connectivity index (χ1v) is 22.6. The number of likely N-dealkylation sites (tertiary alicyclic amines) is 2. The van der Waals surface area contributed by atoms with Crippen LogP contribution in [0.15, 0.2) is 42.5 Å². The fraction of sp³-hybridized carbons (Fsp3) is 0.660. The topological polar surface area (TPSA) is 212 Å². The van der Waals surface area contributed by atoms with Crippen molar-refractivity contribution in [2.24, 2.45) is 17.8 Å². The van der Waals surface area contributed by atoms with Crippen LogP contribution in [0.4, 0.5) is 0 Å². The van der Waals surface area contributed by atoms with E-state index in [1.165, 1.54) is 31.3 Å². The molecule has 0 aliphatic carbocycles. The Balaban J connectivity index is 1.44. The van der Waals surface area contributed by atoms with Crippen molar-refractivity contribution in [2.75, 3.05) is 40.9 Å². The first-order chi connectivity index (χ1) is 30.3. The number of benzene rings is 1. The lowest BCUT2D eigenvalue weighted by Gasteiger charge is -2.41. The number of nitrogens with one attached hydrogen (secondary N) is 2. The van der Waals surface area contributed by atoms with E-state index in [1.54, 1.807) is 55.0 Å². The van der Waals surface area contributed by atoms with Gasteiger partial charge < -0.3 is 39.9 Å².